The number of hydrogen-bond donors (Lipinski definition) is 1. The SMILES string of the molecule is CCOC(=O)[C@H]1CCCCCCCC/C1=N\Nc1ccc([N+](=O)[O-])cc1[N+](=O)[O-]. The molecular weight excluding hydrogens is 380 g/mol. The van der Waals surface area contributed by atoms with E-state index in [1.807, 2.05) is 0 Å². The van der Waals surface area contributed by atoms with Gasteiger partial charge < -0.3 is 4.74 Å². The highest BCUT2D eigenvalue weighted by Gasteiger charge is 2.26. The number of esters is 1. The molecule has 1 N–H and O–H groups in total. The Kier molecular flexibility index (Phi) is 8.50. The normalized spacial score (nSPS) is 19.3. The van der Waals surface area contributed by atoms with Crippen molar-refractivity contribution in [2.45, 2.75) is 58.3 Å². The second-order valence-corrected chi connectivity index (χ2v) is 6.90. The van der Waals surface area contributed by atoms with Crippen molar-refractivity contribution in [2.75, 3.05) is 12.0 Å². The number of nitro groups is 2. The summed E-state index contributed by atoms with van der Waals surface area (Å²) < 4.78 is 5.21. The third kappa shape index (κ3) is 6.51. The van der Waals surface area contributed by atoms with E-state index in [0.29, 0.717) is 18.6 Å². The average Bonchev–Trinajstić information content (AvgIpc) is 2.70. The van der Waals surface area contributed by atoms with Crippen LogP contribution < -0.4 is 5.43 Å². The number of anilines is 1. The lowest BCUT2D eigenvalue weighted by molar-refractivity contribution is -0.393. The van der Waals surface area contributed by atoms with Crippen LogP contribution in [-0.4, -0.2) is 28.1 Å². The highest BCUT2D eigenvalue weighted by molar-refractivity contribution is 6.02. The van der Waals surface area contributed by atoms with Gasteiger partial charge in [0.15, 0.2) is 0 Å². The Morgan fingerprint density at radius 3 is 2.48 bits per heavy atom. The molecule has 0 aromatic heterocycles. The van der Waals surface area contributed by atoms with Crippen molar-refractivity contribution in [1.29, 1.82) is 0 Å². The number of benzene rings is 1. The molecule has 0 heterocycles. The lowest BCUT2D eigenvalue weighted by atomic mass is 9.90. The number of nitrogens with one attached hydrogen (secondary N) is 1. The van der Waals surface area contributed by atoms with Crippen LogP contribution >= 0.6 is 0 Å². The molecule has 1 saturated carbocycles. The van der Waals surface area contributed by atoms with E-state index < -0.39 is 21.5 Å². The summed E-state index contributed by atoms with van der Waals surface area (Å²) in [5.74, 6) is -0.843. The van der Waals surface area contributed by atoms with Crippen molar-refractivity contribution in [3.05, 3.63) is 38.4 Å². The van der Waals surface area contributed by atoms with Crippen molar-refractivity contribution in [2.24, 2.45) is 11.0 Å². The first-order valence-electron chi connectivity index (χ1n) is 9.86. The molecule has 0 saturated heterocycles. The Bertz CT molecular complexity index is 780. The van der Waals surface area contributed by atoms with Crippen molar-refractivity contribution < 1.29 is 19.4 Å². The van der Waals surface area contributed by atoms with Crippen LogP contribution in [0.2, 0.25) is 0 Å². The molecule has 0 unspecified atom stereocenters. The number of nitrogens with zero attached hydrogens (tertiary/aromatic N) is 3. The van der Waals surface area contributed by atoms with Crippen LogP contribution in [0.3, 0.4) is 0 Å². The van der Waals surface area contributed by atoms with Crippen molar-refractivity contribution >= 4 is 28.7 Å². The maximum atomic E-state index is 12.5. The Morgan fingerprint density at radius 2 is 1.83 bits per heavy atom. The van der Waals surface area contributed by atoms with E-state index in [1.54, 1.807) is 6.92 Å². The highest BCUT2D eigenvalue weighted by atomic mass is 16.6. The predicted molar refractivity (Wildman–Crippen MR) is 108 cm³/mol. The summed E-state index contributed by atoms with van der Waals surface area (Å²) in [6.07, 6.45) is 7.24. The molecule has 10 nitrogen and oxygen atoms in total. The van der Waals surface area contributed by atoms with Gasteiger partial charge in [-0.2, -0.15) is 5.10 Å². The first-order chi connectivity index (χ1) is 13.9. The van der Waals surface area contributed by atoms with Crippen molar-refractivity contribution in [3.8, 4) is 0 Å². The van der Waals surface area contributed by atoms with E-state index in [2.05, 4.69) is 10.5 Å². The minimum atomic E-state index is -0.703. The van der Waals surface area contributed by atoms with Gasteiger partial charge in [0.2, 0.25) is 0 Å². The fraction of sp³-hybridized carbons (Fsp3) is 0.579. The number of hydrogen-bond acceptors (Lipinski definition) is 8. The summed E-state index contributed by atoms with van der Waals surface area (Å²) in [4.78, 5) is 33.3. The number of ether oxygens (including phenoxy) is 1. The second kappa shape index (κ2) is 11.1. The molecule has 0 aliphatic heterocycles. The van der Waals surface area contributed by atoms with E-state index in [9.17, 15) is 25.0 Å². The maximum Gasteiger partial charge on any atom is 0.314 e. The standard InChI is InChI=1S/C19H26N4O6/c1-2-29-19(24)15-9-7-5-3-4-6-8-10-16(15)20-21-17-12-11-14(22(25)26)13-18(17)23(27)28/h11-13,15,21H,2-10H2,1H3/b20-16+/t15-/m0/s1. The lowest BCUT2D eigenvalue weighted by Gasteiger charge is -2.19. The molecule has 1 aliphatic rings. The summed E-state index contributed by atoms with van der Waals surface area (Å²) in [6.45, 7) is 2.01. The van der Waals surface area contributed by atoms with Gasteiger partial charge in [0.1, 0.15) is 5.69 Å². The molecule has 29 heavy (non-hydrogen) atoms. The number of nitro benzene ring substituents is 2. The molecule has 10 heteroatoms. The minimum absolute atomic E-state index is 0.0350. The van der Waals surface area contributed by atoms with Gasteiger partial charge in [0, 0.05) is 6.07 Å². The Hall–Kier alpha value is -3.04. The summed E-state index contributed by atoms with van der Waals surface area (Å²) >= 11 is 0. The van der Waals surface area contributed by atoms with Gasteiger partial charge in [-0.1, -0.05) is 32.1 Å². The van der Waals surface area contributed by atoms with Crippen LogP contribution in [0, 0.1) is 26.1 Å². The van der Waals surface area contributed by atoms with Gasteiger partial charge in [-0.25, -0.2) is 0 Å². The first kappa shape index (κ1) is 22.3. The smallest absolute Gasteiger partial charge is 0.314 e. The van der Waals surface area contributed by atoms with E-state index >= 15 is 0 Å². The van der Waals surface area contributed by atoms with Gasteiger partial charge in [0.05, 0.1) is 34.1 Å². The Labute approximate surface area is 168 Å². The van der Waals surface area contributed by atoms with Crippen LogP contribution in [0.25, 0.3) is 0 Å². The molecule has 0 spiro atoms. The summed E-state index contributed by atoms with van der Waals surface area (Å²) in [5.41, 5.74) is 2.46. The zero-order valence-electron chi connectivity index (χ0n) is 16.5. The molecule has 0 radical (unpaired) electrons. The molecule has 1 atom stereocenters. The fourth-order valence-corrected chi connectivity index (χ4v) is 3.34. The fourth-order valence-electron chi connectivity index (χ4n) is 3.34. The van der Waals surface area contributed by atoms with Crippen molar-refractivity contribution in [1.82, 2.24) is 0 Å². The molecule has 2 rings (SSSR count). The van der Waals surface area contributed by atoms with Crippen LogP contribution in [-0.2, 0) is 9.53 Å². The Balaban J connectivity index is 2.31. The molecule has 158 valence electrons. The third-order valence-corrected chi connectivity index (χ3v) is 4.86. The molecule has 1 aromatic carbocycles. The predicted octanol–water partition coefficient (Wildman–Crippen LogP) is 4.58. The molecule has 0 amide bonds. The van der Waals surface area contributed by atoms with E-state index in [1.165, 1.54) is 12.1 Å². The molecular formula is C19H26N4O6. The monoisotopic (exact) mass is 406 g/mol. The van der Waals surface area contributed by atoms with Gasteiger partial charge in [-0.3, -0.25) is 30.4 Å². The molecule has 0 bridgehead atoms. The van der Waals surface area contributed by atoms with E-state index in [-0.39, 0.29) is 24.0 Å². The van der Waals surface area contributed by atoms with Gasteiger partial charge in [-0.05, 0) is 32.3 Å². The van der Waals surface area contributed by atoms with Crippen molar-refractivity contribution in [3.63, 3.8) is 0 Å². The molecule has 1 aliphatic carbocycles. The van der Waals surface area contributed by atoms with Crippen LogP contribution in [0.15, 0.2) is 23.3 Å². The summed E-state index contributed by atoms with van der Waals surface area (Å²) in [6, 6.07) is 3.31. The van der Waals surface area contributed by atoms with Gasteiger partial charge in [0.25, 0.3) is 5.69 Å². The molecule has 1 fully saturated rings. The van der Waals surface area contributed by atoms with Gasteiger partial charge in [-0.15, -0.1) is 0 Å². The minimum Gasteiger partial charge on any atom is -0.465 e. The number of non-ortho nitro benzene ring substituents is 1. The van der Waals surface area contributed by atoms with Gasteiger partial charge >= 0.3 is 11.7 Å². The Morgan fingerprint density at radius 1 is 1.14 bits per heavy atom. The number of rotatable bonds is 6. The van der Waals surface area contributed by atoms with Crippen LogP contribution in [0.1, 0.15) is 58.3 Å². The summed E-state index contributed by atoms with van der Waals surface area (Å²) in [7, 11) is 0. The zero-order chi connectivity index (χ0) is 21.2. The van der Waals surface area contributed by atoms with Crippen LogP contribution in [0.4, 0.5) is 17.1 Å². The quantitative estimate of drug-likeness (QED) is 0.414. The topological polar surface area (TPSA) is 137 Å². The zero-order valence-corrected chi connectivity index (χ0v) is 16.5. The highest BCUT2D eigenvalue weighted by Crippen LogP contribution is 2.29. The largest absolute Gasteiger partial charge is 0.465 e. The van der Waals surface area contributed by atoms with E-state index in [0.717, 1.165) is 44.6 Å². The maximum absolute atomic E-state index is 12.5. The number of carbonyl (C=O) groups excluding carboxylic acids is 1. The number of hydrazone groups is 1. The molecule has 1 aromatic rings. The van der Waals surface area contributed by atoms with E-state index in [4.69, 9.17) is 4.74 Å². The second-order valence-electron chi connectivity index (χ2n) is 6.90. The lowest BCUT2D eigenvalue weighted by Crippen LogP contribution is -2.27. The average molecular weight is 406 g/mol. The number of carbonyl (C=O) groups is 1. The van der Waals surface area contributed by atoms with Crippen LogP contribution in [0.5, 0.6) is 0 Å². The summed E-state index contributed by atoms with van der Waals surface area (Å²) in [5, 5.41) is 26.5. The third-order valence-electron chi connectivity index (χ3n) is 4.86. The first-order valence-corrected chi connectivity index (χ1v) is 9.86.